The van der Waals surface area contributed by atoms with E-state index >= 15 is 0 Å². The van der Waals surface area contributed by atoms with E-state index in [1.807, 2.05) is 30.3 Å². The number of amides is 1. The van der Waals surface area contributed by atoms with Crippen LogP contribution >= 0.6 is 11.6 Å². The summed E-state index contributed by atoms with van der Waals surface area (Å²) in [5.41, 5.74) is 1.42. The average Bonchev–Trinajstić information content (AvgIpc) is 2.63. The Hall–Kier alpha value is -2.92. The molecule has 0 saturated heterocycles. The third-order valence-electron chi connectivity index (χ3n) is 3.43. The highest BCUT2D eigenvalue weighted by Gasteiger charge is 2.15. The number of halogens is 1. The molecule has 25 heavy (non-hydrogen) atoms. The van der Waals surface area contributed by atoms with Crippen LogP contribution in [0.4, 0.5) is 5.69 Å². The van der Waals surface area contributed by atoms with Crippen molar-refractivity contribution in [2.45, 2.75) is 13.0 Å². The molecule has 0 fully saturated rings. The van der Waals surface area contributed by atoms with Crippen molar-refractivity contribution < 1.29 is 9.53 Å². The van der Waals surface area contributed by atoms with Crippen molar-refractivity contribution in [3.8, 4) is 17.1 Å². The second kappa shape index (κ2) is 7.77. The molecule has 3 aromatic rings. The van der Waals surface area contributed by atoms with Crippen molar-refractivity contribution >= 4 is 23.2 Å². The number of carbonyl (C=O) groups is 1. The van der Waals surface area contributed by atoms with Crippen molar-refractivity contribution in [2.24, 2.45) is 0 Å². The fourth-order valence-electron chi connectivity index (χ4n) is 2.17. The van der Waals surface area contributed by atoms with Gasteiger partial charge in [0.1, 0.15) is 5.75 Å². The minimum absolute atomic E-state index is 0.295. The van der Waals surface area contributed by atoms with Crippen LogP contribution in [-0.2, 0) is 4.79 Å². The molecule has 0 bridgehead atoms. The van der Waals surface area contributed by atoms with E-state index in [9.17, 15) is 4.79 Å². The van der Waals surface area contributed by atoms with E-state index in [-0.39, 0.29) is 5.91 Å². The van der Waals surface area contributed by atoms with Crippen LogP contribution in [0.3, 0.4) is 0 Å². The molecule has 1 N–H and O–H groups in total. The number of hydrogen-bond acceptors (Lipinski definition) is 4. The standard InChI is InChI=1S/C19H16ClN3O2/c1-13(25-17-9-5-8-15(20)10-17)19(24)23-16-11-21-18(22-12-16)14-6-3-2-4-7-14/h2-13H,1H3,(H,23,24)/t13-/m0/s1. The molecule has 0 saturated carbocycles. The fraction of sp³-hybridized carbons (Fsp3) is 0.105. The molecule has 6 heteroatoms. The van der Waals surface area contributed by atoms with Crippen molar-refractivity contribution in [2.75, 3.05) is 5.32 Å². The second-order valence-electron chi connectivity index (χ2n) is 5.37. The Morgan fingerprint density at radius 2 is 1.80 bits per heavy atom. The summed E-state index contributed by atoms with van der Waals surface area (Å²) < 4.78 is 5.58. The largest absolute Gasteiger partial charge is 0.481 e. The minimum Gasteiger partial charge on any atom is -0.481 e. The molecule has 3 rings (SSSR count). The highest BCUT2D eigenvalue weighted by Crippen LogP contribution is 2.19. The molecule has 1 heterocycles. The van der Waals surface area contributed by atoms with Crippen LogP contribution in [0.15, 0.2) is 67.0 Å². The lowest BCUT2D eigenvalue weighted by Gasteiger charge is -2.14. The Balaban J connectivity index is 1.62. The van der Waals surface area contributed by atoms with Gasteiger partial charge in [-0.1, -0.05) is 48.0 Å². The number of ether oxygens (including phenoxy) is 1. The third kappa shape index (κ3) is 4.55. The third-order valence-corrected chi connectivity index (χ3v) is 3.66. The van der Waals surface area contributed by atoms with Crippen molar-refractivity contribution in [3.05, 3.63) is 72.0 Å². The molecule has 5 nitrogen and oxygen atoms in total. The number of aromatic nitrogens is 2. The van der Waals surface area contributed by atoms with Crippen LogP contribution in [-0.4, -0.2) is 22.0 Å². The first-order chi connectivity index (χ1) is 12.1. The van der Waals surface area contributed by atoms with E-state index in [1.165, 1.54) is 0 Å². The quantitative estimate of drug-likeness (QED) is 0.746. The van der Waals surface area contributed by atoms with Gasteiger partial charge in [-0.2, -0.15) is 0 Å². The van der Waals surface area contributed by atoms with Crippen LogP contribution in [0.5, 0.6) is 5.75 Å². The first kappa shape index (κ1) is 16.9. The molecule has 126 valence electrons. The second-order valence-corrected chi connectivity index (χ2v) is 5.80. The van der Waals surface area contributed by atoms with E-state index in [1.54, 1.807) is 43.6 Å². The molecule has 0 aliphatic heterocycles. The smallest absolute Gasteiger partial charge is 0.265 e. The number of nitrogens with one attached hydrogen (secondary N) is 1. The number of anilines is 1. The molecule has 0 aliphatic rings. The predicted octanol–water partition coefficient (Wildman–Crippen LogP) is 4.20. The van der Waals surface area contributed by atoms with Gasteiger partial charge in [0.15, 0.2) is 11.9 Å². The maximum Gasteiger partial charge on any atom is 0.265 e. The molecule has 1 aromatic heterocycles. The lowest BCUT2D eigenvalue weighted by Crippen LogP contribution is -2.30. The van der Waals surface area contributed by atoms with Crippen molar-refractivity contribution in [1.82, 2.24) is 9.97 Å². The predicted molar refractivity (Wildman–Crippen MR) is 97.6 cm³/mol. The van der Waals surface area contributed by atoms with Crippen LogP contribution in [0.1, 0.15) is 6.92 Å². The lowest BCUT2D eigenvalue weighted by molar-refractivity contribution is -0.122. The van der Waals surface area contributed by atoms with Gasteiger partial charge in [0, 0.05) is 10.6 Å². The van der Waals surface area contributed by atoms with Crippen LogP contribution in [0.2, 0.25) is 5.02 Å². The highest BCUT2D eigenvalue weighted by molar-refractivity contribution is 6.30. The van der Waals surface area contributed by atoms with E-state index in [0.29, 0.717) is 22.3 Å². The Morgan fingerprint density at radius 1 is 1.08 bits per heavy atom. The average molecular weight is 354 g/mol. The Morgan fingerprint density at radius 3 is 2.48 bits per heavy atom. The molecule has 1 amide bonds. The Labute approximate surface area is 150 Å². The Bertz CT molecular complexity index is 854. The fourth-order valence-corrected chi connectivity index (χ4v) is 2.35. The summed E-state index contributed by atoms with van der Waals surface area (Å²) in [5, 5.41) is 3.28. The number of carbonyl (C=O) groups excluding carboxylic acids is 1. The zero-order valence-corrected chi connectivity index (χ0v) is 14.3. The van der Waals surface area contributed by atoms with Gasteiger partial charge >= 0.3 is 0 Å². The van der Waals surface area contributed by atoms with Gasteiger partial charge in [0.25, 0.3) is 5.91 Å². The monoisotopic (exact) mass is 353 g/mol. The van der Waals surface area contributed by atoms with Gasteiger partial charge in [0.05, 0.1) is 18.1 Å². The Kier molecular flexibility index (Phi) is 5.26. The summed E-state index contributed by atoms with van der Waals surface area (Å²) in [6, 6.07) is 16.5. The van der Waals surface area contributed by atoms with E-state index in [0.717, 1.165) is 5.56 Å². The minimum atomic E-state index is -0.688. The first-order valence-electron chi connectivity index (χ1n) is 7.72. The number of hydrogen-bond donors (Lipinski definition) is 1. The number of benzene rings is 2. The maximum atomic E-state index is 12.2. The van der Waals surface area contributed by atoms with E-state index in [2.05, 4.69) is 15.3 Å². The summed E-state index contributed by atoms with van der Waals surface area (Å²) in [5.74, 6) is 0.837. The summed E-state index contributed by atoms with van der Waals surface area (Å²) >= 11 is 5.91. The molecule has 0 aliphatic carbocycles. The molecule has 0 unspecified atom stereocenters. The first-order valence-corrected chi connectivity index (χ1v) is 8.10. The summed E-state index contributed by atoms with van der Waals surface area (Å²) in [6.07, 6.45) is 2.45. The maximum absolute atomic E-state index is 12.2. The van der Waals surface area contributed by atoms with E-state index in [4.69, 9.17) is 16.3 Å². The van der Waals surface area contributed by atoms with Crippen molar-refractivity contribution in [3.63, 3.8) is 0 Å². The molecule has 0 radical (unpaired) electrons. The molecule has 1 atom stereocenters. The summed E-state index contributed by atoms with van der Waals surface area (Å²) in [7, 11) is 0. The molecular formula is C19H16ClN3O2. The van der Waals surface area contributed by atoms with Gasteiger partial charge in [-0.05, 0) is 25.1 Å². The lowest BCUT2D eigenvalue weighted by atomic mass is 10.2. The van der Waals surface area contributed by atoms with Gasteiger partial charge < -0.3 is 10.1 Å². The van der Waals surface area contributed by atoms with Crippen LogP contribution < -0.4 is 10.1 Å². The number of nitrogens with zero attached hydrogens (tertiary/aromatic N) is 2. The van der Waals surface area contributed by atoms with Crippen molar-refractivity contribution in [1.29, 1.82) is 0 Å². The zero-order chi connectivity index (χ0) is 17.6. The summed E-state index contributed by atoms with van der Waals surface area (Å²) in [4.78, 5) is 20.8. The van der Waals surface area contributed by atoms with Gasteiger partial charge in [-0.3, -0.25) is 4.79 Å². The zero-order valence-electron chi connectivity index (χ0n) is 13.5. The molecule has 0 spiro atoms. The topological polar surface area (TPSA) is 64.1 Å². The van der Waals surface area contributed by atoms with Gasteiger partial charge in [0.2, 0.25) is 0 Å². The molecule has 2 aromatic carbocycles. The summed E-state index contributed by atoms with van der Waals surface area (Å²) in [6.45, 7) is 1.66. The van der Waals surface area contributed by atoms with Crippen LogP contribution in [0, 0.1) is 0 Å². The normalized spacial score (nSPS) is 11.6. The van der Waals surface area contributed by atoms with Crippen LogP contribution in [0.25, 0.3) is 11.4 Å². The van der Waals surface area contributed by atoms with Gasteiger partial charge in [-0.15, -0.1) is 0 Å². The van der Waals surface area contributed by atoms with E-state index < -0.39 is 6.10 Å². The SMILES string of the molecule is C[C@H](Oc1cccc(Cl)c1)C(=O)Nc1cnc(-c2ccccc2)nc1. The number of rotatable bonds is 5. The highest BCUT2D eigenvalue weighted by atomic mass is 35.5. The van der Waals surface area contributed by atoms with Gasteiger partial charge in [-0.25, -0.2) is 9.97 Å². The molecular weight excluding hydrogens is 338 g/mol.